The minimum atomic E-state index is 0.105. The highest BCUT2D eigenvalue weighted by molar-refractivity contribution is 6.04. The van der Waals surface area contributed by atoms with Crippen LogP contribution >= 0.6 is 0 Å². The van der Waals surface area contributed by atoms with Gasteiger partial charge in [-0.1, -0.05) is 44.9 Å². The molecule has 0 spiro atoms. The van der Waals surface area contributed by atoms with E-state index in [-0.39, 0.29) is 5.78 Å². The average molecular weight is 230 g/mol. The van der Waals surface area contributed by atoms with Crippen LogP contribution in [-0.2, 0) is 12.8 Å². The van der Waals surface area contributed by atoms with Crippen LogP contribution in [0, 0.1) is 0 Å². The van der Waals surface area contributed by atoms with Gasteiger partial charge in [-0.05, 0) is 43.0 Å². The molecule has 0 N–H and O–H groups in total. The molecular formula is C16H22O. The molecule has 1 aromatic carbocycles. The standard InChI is InChI=1S/C16H22O/c1-4-7-13-10-11-15(16(17)9-6-3)12-14(13)8-5-2/h6,9-12H,4-5,7-8H2,1-3H3/b9-6+. The SMILES string of the molecule is C/C=C/C(=O)c1ccc(CCC)c(CCC)c1. The molecule has 1 rings (SSSR count). The summed E-state index contributed by atoms with van der Waals surface area (Å²) in [6.45, 7) is 6.24. The zero-order valence-corrected chi connectivity index (χ0v) is 11.1. The van der Waals surface area contributed by atoms with Crippen LogP contribution in [0.5, 0.6) is 0 Å². The fraction of sp³-hybridized carbons (Fsp3) is 0.438. The molecule has 0 radical (unpaired) electrons. The lowest BCUT2D eigenvalue weighted by Crippen LogP contribution is -2.00. The molecule has 17 heavy (non-hydrogen) atoms. The summed E-state index contributed by atoms with van der Waals surface area (Å²) in [5.41, 5.74) is 3.54. The van der Waals surface area contributed by atoms with Gasteiger partial charge in [0.05, 0.1) is 0 Å². The van der Waals surface area contributed by atoms with E-state index in [0.717, 1.165) is 31.2 Å². The van der Waals surface area contributed by atoms with Crippen molar-refractivity contribution in [3.05, 3.63) is 47.0 Å². The van der Waals surface area contributed by atoms with Crippen molar-refractivity contribution >= 4 is 5.78 Å². The highest BCUT2D eigenvalue weighted by Crippen LogP contribution is 2.17. The molecule has 1 aromatic rings. The van der Waals surface area contributed by atoms with Gasteiger partial charge in [-0.2, -0.15) is 0 Å². The van der Waals surface area contributed by atoms with Crippen molar-refractivity contribution in [2.75, 3.05) is 0 Å². The average Bonchev–Trinajstić information content (AvgIpc) is 2.32. The van der Waals surface area contributed by atoms with Crippen LogP contribution in [0.15, 0.2) is 30.4 Å². The second-order valence-corrected chi connectivity index (χ2v) is 4.35. The van der Waals surface area contributed by atoms with Crippen LogP contribution in [0.4, 0.5) is 0 Å². The molecule has 0 heterocycles. The summed E-state index contributed by atoms with van der Waals surface area (Å²) in [5.74, 6) is 0.105. The van der Waals surface area contributed by atoms with Crippen LogP contribution in [0.1, 0.15) is 55.1 Å². The van der Waals surface area contributed by atoms with E-state index < -0.39 is 0 Å². The van der Waals surface area contributed by atoms with Gasteiger partial charge in [-0.25, -0.2) is 0 Å². The summed E-state index contributed by atoms with van der Waals surface area (Å²) < 4.78 is 0. The van der Waals surface area contributed by atoms with Gasteiger partial charge in [0.2, 0.25) is 0 Å². The van der Waals surface area contributed by atoms with Crippen molar-refractivity contribution in [1.82, 2.24) is 0 Å². The number of carbonyl (C=O) groups excluding carboxylic acids is 1. The van der Waals surface area contributed by atoms with Crippen LogP contribution < -0.4 is 0 Å². The van der Waals surface area contributed by atoms with Gasteiger partial charge >= 0.3 is 0 Å². The van der Waals surface area contributed by atoms with E-state index in [9.17, 15) is 4.79 Å². The number of rotatable bonds is 6. The van der Waals surface area contributed by atoms with Gasteiger partial charge in [-0.15, -0.1) is 0 Å². The van der Waals surface area contributed by atoms with Crippen LogP contribution in [0.3, 0.4) is 0 Å². The van der Waals surface area contributed by atoms with Gasteiger partial charge in [0.1, 0.15) is 0 Å². The zero-order chi connectivity index (χ0) is 12.7. The van der Waals surface area contributed by atoms with Crippen LogP contribution in [0.25, 0.3) is 0 Å². The smallest absolute Gasteiger partial charge is 0.185 e. The van der Waals surface area contributed by atoms with Crippen molar-refractivity contribution in [3.8, 4) is 0 Å². The van der Waals surface area contributed by atoms with E-state index in [2.05, 4.69) is 26.0 Å². The summed E-state index contributed by atoms with van der Waals surface area (Å²) in [6, 6.07) is 6.13. The Balaban J connectivity index is 3.04. The van der Waals surface area contributed by atoms with Gasteiger partial charge in [-0.3, -0.25) is 4.79 Å². The molecule has 0 saturated carbocycles. The minimum Gasteiger partial charge on any atom is -0.289 e. The summed E-state index contributed by atoms with van der Waals surface area (Å²) >= 11 is 0. The Labute approximate surface area is 105 Å². The summed E-state index contributed by atoms with van der Waals surface area (Å²) in [6.07, 6.45) is 7.86. The predicted octanol–water partition coefficient (Wildman–Crippen LogP) is 4.35. The molecule has 0 saturated heterocycles. The van der Waals surface area contributed by atoms with Crippen LogP contribution in [0.2, 0.25) is 0 Å². The quantitative estimate of drug-likeness (QED) is 0.524. The van der Waals surface area contributed by atoms with E-state index >= 15 is 0 Å². The molecule has 1 nitrogen and oxygen atoms in total. The Kier molecular flexibility index (Phi) is 5.68. The number of hydrogen-bond donors (Lipinski definition) is 0. The lowest BCUT2D eigenvalue weighted by molar-refractivity contribution is 0.104. The van der Waals surface area contributed by atoms with Gasteiger partial charge in [0.15, 0.2) is 5.78 Å². The van der Waals surface area contributed by atoms with Crippen molar-refractivity contribution in [3.63, 3.8) is 0 Å². The number of allylic oxidation sites excluding steroid dienone is 2. The summed E-state index contributed by atoms with van der Waals surface area (Å²) in [5, 5.41) is 0. The first kappa shape index (κ1) is 13.7. The monoisotopic (exact) mass is 230 g/mol. The fourth-order valence-corrected chi connectivity index (χ4v) is 2.04. The highest BCUT2D eigenvalue weighted by atomic mass is 16.1. The van der Waals surface area contributed by atoms with Crippen LogP contribution in [-0.4, -0.2) is 5.78 Å². The second kappa shape index (κ2) is 7.05. The number of ketones is 1. The predicted molar refractivity (Wildman–Crippen MR) is 73.6 cm³/mol. The second-order valence-electron chi connectivity index (χ2n) is 4.35. The minimum absolute atomic E-state index is 0.105. The maximum Gasteiger partial charge on any atom is 0.185 e. The van der Waals surface area contributed by atoms with E-state index in [1.54, 1.807) is 12.2 Å². The summed E-state index contributed by atoms with van der Waals surface area (Å²) in [4.78, 5) is 11.8. The maximum absolute atomic E-state index is 11.8. The van der Waals surface area contributed by atoms with Gasteiger partial charge in [0.25, 0.3) is 0 Å². The van der Waals surface area contributed by atoms with Gasteiger partial charge in [0, 0.05) is 5.56 Å². The topological polar surface area (TPSA) is 17.1 Å². The Morgan fingerprint density at radius 2 is 1.76 bits per heavy atom. The number of aryl methyl sites for hydroxylation is 2. The third-order valence-electron chi connectivity index (χ3n) is 2.85. The van der Waals surface area contributed by atoms with E-state index in [1.165, 1.54) is 11.1 Å². The van der Waals surface area contributed by atoms with E-state index in [1.807, 2.05) is 13.0 Å². The first-order chi connectivity index (χ1) is 8.22. The van der Waals surface area contributed by atoms with Gasteiger partial charge < -0.3 is 0 Å². The van der Waals surface area contributed by atoms with Crippen molar-refractivity contribution in [2.24, 2.45) is 0 Å². The lowest BCUT2D eigenvalue weighted by Gasteiger charge is -2.09. The fourth-order valence-electron chi connectivity index (χ4n) is 2.04. The lowest BCUT2D eigenvalue weighted by atomic mass is 9.96. The van der Waals surface area contributed by atoms with E-state index in [0.29, 0.717) is 0 Å². The first-order valence-electron chi connectivity index (χ1n) is 6.51. The molecule has 0 amide bonds. The van der Waals surface area contributed by atoms with Crippen molar-refractivity contribution in [1.29, 1.82) is 0 Å². The third kappa shape index (κ3) is 3.85. The number of benzene rings is 1. The van der Waals surface area contributed by atoms with Crippen molar-refractivity contribution < 1.29 is 4.79 Å². The zero-order valence-electron chi connectivity index (χ0n) is 11.1. The normalized spacial score (nSPS) is 11.0. The Morgan fingerprint density at radius 1 is 1.12 bits per heavy atom. The molecule has 92 valence electrons. The third-order valence-corrected chi connectivity index (χ3v) is 2.85. The number of hydrogen-bond acceptors (Lipinski definition) is 1. The molecule has 0 aliphatic heterocycles. The molecule has 1 heteroatoms. The molecule has 0 fully saturated rings. The summed E-state index contributed by atoms with van der Waals surface area (Å²) in [7, 11) is 0. The Bertz CT molecular complexity index is 402. The molecule has 0 atom stereocenters. The molecule has 0 aliphatic rings. The molecule has 0 bridgehead atoms. The Hall–Kier alpha value is -1.37. The Morgan fingerprint density at radius 3 is 2.35 bits per heavy atom. The van der Waals surface area contributed by atoms with Crippen molar-refractivity contribution in [2.45, 2.75) is 46.5 Å². The number of carbonyl (C=O) groups is 1. The van der Waals surface area contributed by atoms with E-state index in [4.69, 9.17) is 0 Å². The molecular weight excluding hydrogens is 208 g/mol. The molecule has 0 aliphatic carbocycles. The molecule has 0 aromatic heterocycles. The molecule has 0 unspecified atom stereocenters. The first-order valence-corrected chi connectivity index (χ1v) is 6.51. The highest BCUT2D eigenvalue weighted by Gasteiger charge is 2.06. The maximum atomic E-state index is 11.8. The largest absolute Gasteiger partial charge is 0.289 e.